The molecule has 1 aliphatic carbocycles. The van der Waals surface area contributed by atoms with E-state index in [1.165, 1.54) is 47.2 Å². The van der Waals surface area contributed by atoms with Gasteiger partial charge in [0.2, 0.25) is 0 Å². The molecule has 33 heavy (non-hydrogen) atoms. The maximum Gasteiger partial charge on any atom is 0.161 e. The summed E-state index contributed by atoms with van der Waals surface area (Å²) in [6, 6.07) is 27.6. The van der Waals surface area contributed by atoms with Gasteiger partial charge in [0.05, 0.1) is 14.2 Å². The summed E-state index contributed by atoms with van der Waals surface area (Å²) in [6.07, 6.45) is 5.22. The highest BCUT2D eigenvalue weighted by Crippen LogP contribution is 2.35. The smallest absolute Gasteiger partial charge is 0.161 e. The van der Waals surface area contributed by atoms with Gasteiger partial charge in [0.15, 0.2) is 11.5 Å². The minimum absolute atomic E-state index is 0.697. The Morgan fingerprint density at radius 2 is 1.33 bits per heavy atom. The largest absolute Gasteiger partial charge is 0.493 e. The maximum atomic E-state index is 5.87. The Kier molecular flexibility index (Phi) is 5.78. The number of benzene rings is 5. The average molecular weight is 436 g/mol. The lowest BCUT2D eigenvalue weighted by atomic mass is 9.86. The highest BCUT2D eigenvalue weighted by atomic mass is 16.5. The number of fused-ring (bicyclic) bond motifs is 6. The molecule has 0 unspecified atom stereocenters. The van der Waals surface area contributed by atoms with Crippen molar-refractivity contribution in [3.8, 4) is 11.5 Å². The predicted octanol–water partition coefficient (Wildman–Crippen LogP) is 7.31. The van der Waals surface area contributed by atoms with Crippen molar-refractivity contribution in [3.05, 3.63) is 90.0 Å². The van der Waals surface area contributed by atoms with E-state index < -0.39 is 0 Å². The Morgan fingerprint density at radius 1 is 0.606 bits per heavy atom. The monoisotopic (exact) mass is 435 g/mol. The molecule has 0 atom stereocenters. The normalized spacial score (nSPS) is 12.8. The predicted molar refractivity (Wildman–Crippen MR) is 140 cm³/mol. The van der Waals surface area contributed by atoms with E-state index in [2.05, 4.69) is 48.5 Å². The Labute approximate surface area is 194 Å². The molecule has 3 heteroatoms. The fourth-order valence-corrected chi connectivity index (χ4v) is 4.97. The molecule has 5 aromatic rings. The van der Waals surface area contributed by atoms with Crippen LogP contribution in [0.5, 0.6) is 11.5 Å². The number of rotatable bonds is 2. The molecule has 0 saturated carbocycles. The maximum absolute atomic E-state index is 5.87. The number of hydrogen-bond donors (Lipinski definition) is 1. The second kappa shape index (κ2) is 9.03. The van der Waals surface area contributed by atoms with Gasteiger partial charge in [0.1, 0.15) is 0 Å². The zero-order valence-electron chi connectivity index (χ0n) is 19.2. The van der Waals surface area contributed by atoms with Gasteiger partial charge in [-0.2, -0.15) is 0 Å². The third-order valence-electron chi connectivity index (χ3n) is 6.68. The fraction of sp³-hybridized carbons (Fsp3) is 0.200. The van der Waals surface area contributed by atoms with Crippen molar-refractivity contribution in [2.75, 3.05) is 20.0 Å². The second-order valence-electron chi connectivity index (χ2n) is 8.57. The van der Waals surface area contributed by atoms with E-state index in [0.29, 0.717) is 5.75 Å². The molecule has 3 nitrogen and oxygen atoms in total. The second-order valence-corrected chi connectivity index (χ2v) is 8.57. The van der Waals surface area contributed by atoms with Crippen molar-refractivity contribution < 1.29 is 9.47 Å². The van der Waals surface area contributed by atoms with Gasteiger partial charge >= 0.3 is 0 Å². The average Bonchev–Trinajstić information content (AvgIpc) is 2.88. The molecule has 0 radical (unpaired) electrons. The van der Waals surface area contributed by atoms with Gasteiger partial charge in [-0.15, -0.1) is 0 Å². The van der Waals surface area contributed by atoms with Gasteiger partial charge in [0.25, 0.3) is 0 Å². The standard InChI is InChI=1S/C18H16.C12H13NO2/c1-3-7-15-13(5-1)9-11-18-16-8-4-2-6-14(16)10-12-17(15)18;1-14-11-6-8-4-3-5-10(13)9(8)7-12(11)15-2/h1,3,5,7,9-12H,2,4,6,8H2;3-7H,13H2,1-2H3. The highest BCUT2D eigenvalue weighted by molar-refractivity contribution is 6.08. The molecule has 0 saturated heterocycles. The minimum atomic E-state index is 0.697. The van der Waals surface area contributed by atoms with E-state index in [1.807, 2.05) is 30.3 Å². The SMILES string of the molecule is COc1cc2cccc(N)c2cc1OC.c1ccc2c(c1)ccc1c3c(ccc12)CCCC3. The third kappa shape index (κ3) is 3.95. The van der Waals surface area contributed by atoms with Gasteiger partial charge in [-0.05, 0) is 81.9 Å². The van der Waals surface area contributed by atoms with Crippen molar-refractivity contribution in [3.63, 3.8) is 0 Å². The topological polar surface area (TPSA) is 44.5 Å². The van der Waals surface area contributed by atoms with Crippen molar-refractivity contribution in [1.82, 2.24) is 0 Å². The van der Waals surface area contributed by atoms with Crippen molar-refractivity contribution in [2.24, 2.45) is 0 Å². The molecule has 2 N–H and O–H groups in total. The molecular formula is C30H29NO2. The fourth-order valence-electron chi connectivity index (χ4n) is 4.97. The first-order valence-electron chi connectivity index (χ1n) is 11.5. The highest BCUT2D eigenvalue weighted by Gasteiger charge is 2.13. The molecule has 0 fully saturated rings. The van der Waals surface area contributed by atoms with E-state index in [9.17, 15) is 0 Å². The molecule has 0 aromatic heterocycles. The van der Waals surface area contributed by atoms with Crippen LogP contribution in [0, 0.1) is 0 Å². The number of hydrogen-bond acceptors (Lipinski definition) is 3. The summed E-state index contributed by atoms with van der Waals surface area (Å²) in [5, 5.41) is 7.67. The summed E-state index contributed by atoms with van der Waals surface area (Å²) in [6.45, 7) is 0. The summed E-state index contributed by atoms with van der Waals surface area (Å²) >= 11 is 0. The summed E-state index contributed by atoms with van der Waals surface area (Å²) in [5.74, 6) is 1.42. The molecule has 0 aliphatic heterocycles. The van der Waals surface area contributed by atoms with Crippen LogP contribution in [0.2, 0.25) is 0 Å². The summed E-state index contributed by atoms with van der Waals surface area (Å²) in [7, 11) is 3.23. The van der Waals surface area contributed by atoms with Crippen LogP contribution < -0.4 is 15.2 Å². The molecule has 166 valence electrons. The lowest BCUT2D eigenvalue weighted by Crippen LogP contribution is -2.02. The Bertz CT molecular complexity index is 1450. The zero-order chi connectivity index (χ0) is 22.8. The number of nitrogens with two attached hydrogens (primary N) is 1. The summed E-state index contributed by atoms with van der Waals surface area (Å²) in [4.78, 5) is 0. The number of anilines is 1. The van der Waals surface area contributed by atoms with Crippen LogP contribution in [0.25, 0.3) is 32.3 Å². The molecule has 0 heterocycles. The molecule has 0 amide bonds. The zero-order valence-corrected chi connectivity index (χ0v) is 19.2. The molecule has 5 aromatic carbocycles. The van der Waals surface area contributed by atoms with E-state index in [0.717, 1.165) is 22.2 Å². The van der Waals surface area contributed by atoms with E-state index in [1.54, 1.807) is 25.3 Å². The Hall–Kier alpha value is -3.72. The van der Waals surface area contributed by atoms with E-state index >= 15 is 0 Å². The van der Waals surface area contributed by atoms with Gasteiger partial charge < -0.3 is 15.2 Å². The summed E-state index contributed by atoms with van der Waals surface area (Å²) in [5.41, 5.74) is 9.79. The first-order valence-corrected chi connectivity index (χ1v) is 11.5. The molecule has 6 rings (SSSR count). The summed E-state index contributed by atoms with van der Waals surface area (Å²) < 4.78 is 10.4. The first-order chi connectivity index (χ1) is 16.2. The molecule has 0 spiro atoms. The van der Waals surface area contributed by atoms with E-state index in [4.69, 9.17) is 15.2 Å². The lowest BCUT2D eigenvalue weighted by molar-refractivity contribution is 0.356. The third-order valence-corrected chi connectivity index (χ3v) is 6.68. The number of nitrogen functional groups attached to an aromatic ring is 1. The Morgan fingerprint density at radius 3 is 2.18 bits per heavy atom. The van der Waals surface area contributed by atoms with Gasteiger partial charge in [0, 0.05) is 11.1 Å². The van der Waals surface area contributed by atoms with Crippen molar-refractivity contribution >= 4 is 38.0 Å². The van der Waals surface area contributed by atoms with Crippen LogP contribution >= 0.6 is 0 Å². The number of ether oxygens (including phenoxy) is 2. The van der Waals surface area contributed by atoms with Gasteiger partial charge in [-0.3, -0.25) is 0 Å². The van der Waals surface area contributed by atoms with Gasteiger partial charge in [-0.1, -0.05) is 60.7 Å². The van der Waals surface area contributed by atoms with Crippen LogP contribution in [0.3, 0.4) is 0 Å². The quantitative estimate of drug-likeness (QED) is 0.233. The van der Waals surface area contributed by atoms with Crippen LogP contribution in [0.4, 0.5) is 5.69 Å². The molecular weight excluding hydrogens is 406 g/mol. The van der Waals surface area contributed by atoms with Crippen LogP contribution in [-0.4, -0.2) is 14.2 Å². The van der Waals surface area contributed by atoms with Crippen LogP contribution in [0.15, 0.2) is 78.9 Å². The molecule has 1 aliphatic rings. The van der Waals surface area contributed by atoms with Crippen LogP contribution in [0.1, 0.15) is 24.0 Å². The number of aryl methyl sites for hydroxylation is 2. The Balaban J connectivity index is 0.000000141. The first kappa shape index (κ1) is 21.1. The number of methoxy groups -OCH3 is 2. The van der Waals surface area contributed by atoms with E-state index in [-0.39, 0.29) is 0 Å². The van der Waals surface area contributed by atoms with Crippen LogP contribution in [-0.2, 0) is 12.8 Å². The van der Waals surface area contributed by atoms with Crippen molar-refractivity contribution in [1.29, 1.82) is 0 Å². The lowest BCUT2D eigenvalue weighted by Gasteiger charge is -2.18. The van der Waals surface area contributed by atoms with Gasteiger partial charge in [-0.25, -0.2) is 0 Å². The minimum Gasteiger partial charge on any atom is -0.493 e. The molecule has 0 bridgehead atoms. The van der Waals surface area contributed by atoms with Crippen molar-refractivity contribution in [2.45, 2.75) is 25.7 Å².